The molecule has 4 rings (SSSR count). The summed E-state index contributed by atoms with van der Waals surface area (Å²) in [5.74, 6) is 0. The van der Waals surface area contributed by atoms with Gasteiger partial charge in [-0.15, -0.1) is 11.3 Å². The Bertz CT molecular complexity index is 1040. The SMILES string of the molecule is O=S(=O)(c1sc(Cl)cc1Br)n1ccc2c(N3CCNCC3)cccc21. The summed E-state index contributed by atoms with van der Waals surface area (Å²) >= 11 is 10.3. The predicted octanol–water partition coefficient (Wildman–Crippen LogP) is 3.77. The van der Waals surface area contributed by atoms with Gasteiger partial charge in [-0.05, 0) is 40.2 Å². The zero-order chi connectivity index (χ0) is 17.6. The number of hydrogen-bond donors (Lipinski definition) is 1. The molecule has 1 aliphatic rings. The van der Waals surface area contributed by atoms with Gasteiger partial charge in [0.1, 0.15) is 0 Å². The number of nitrogens with one attached hydrogen (secondary N) is 1. The van der Waals surface area contributed by atoms with Crippen molar-refractivity contribution in [2.24, 2.45) is 0 Å². The molecule has 5 nitrogen and oxygen atoms in total. The maximum atomic E-state index is 13.1. The molecule has 3 aromatic rings. The smallest absolute Gasteiger partial charge is 0.278 e. The average Bonchev–Trinajstić information content (AvgIpc) is 3.19. The second kappa shape index (κ2) is 6.59. The Kier molecular flexibility index (Phi) is 4.57. The first kappa shape index (κ1) is 17.4. The number of benzene rings is 1. The normalized spacial score (nSPS) is 15.8. The molecule has 0 saturated carbocycles. The highest BCUT2D eigenvalue weighted by Crippen LogP contribution is 2.37. The second-order valence-electron chi connectivity index (χ2n) is 5.75. The fraction of sp³-hybridized carbons (Fsp3) is 0.250. The molecule has 2 aromatic heterocycles. The number of halogens is 2. The van der Waals surface area contributed by atoms with Crippen LogP contribution in [0.3, 0.4) is 0 Å². The van der Waals surface area contributed by atoms with Crippen LogP contribution in [0.4, 0.5) is 5.69 Å². The van der Waals surface area contributed by atoms with Gasteiger partial charge in [0.2, 0.25) is 0 Å². The van der Waals surface area contributed by atoms with Crippen LogP contribution in [0.1, 0.15) is 0 Å². The van der Waals surface area contributed by atoms with Crippen LogP contribution in [0.2, 0.25) is 4.34 Å². The van der Waals surface area contributed by atoms with Gasteiger partial charge in [0.05, 0.1) is 14.3 Å². The Balaban J connectivity index is 1.85. The first-order valence-corrected chi connectivity index (χ1v) is 11.2. The monoisotopic (exact) mass is 459 g/mol. The fourth-order valence-corrected chi connectivity index (χ4v) is 7.52. The van der Waals surface area contributed by atoms with Crippen LogP contribution in [-0.4, -0.2) is 38.6 Å². The van der Waals surface area contributed by atoms with Crippen molar-refractivity contribution in [3.63, 3.8) is 0 Å². The number of aromatic nitrogens is 1. The van der Waals surface area contributed by atoms with Crippen molar-refractivity contribution in [2.75, 3.05) is 31.1 Å². The third-order valence-electron chi connectivity index (χ3n) is 4.25. The van der Waals surface area contributed by atoms with Gasteiger partial charge in [0, 0.05) is 43.4 Å². The summed E-state index contributed by atoms with van der Waals surface area (Å²) in [5, 5.41) is 4.27. The molecular weight excluding hydrogens is 446 g/mol. The summed E-state index contributed by atoms with van der Waals surface area (Å²) in [5.41, 5.74) is 1.74. The fourth-order valence-electron chi connectivity index (χ4n) is 3.11. The molecule has 1 fully saturated rings. The molecule has 1 N–H and O–H groups in total. The molecule has 1 aliphatic heterocycles. The zero-order valence-corrected chi connectivity index (χ0v) is 17.1. The van der Waals surface area contributed by atoms with E-state index in [4.69, 9.17) is 11.6 Å². The number of fused-ring (bicyclic) bond motifs is 1. The third kappa shape index (κ3) is 3.00. The Labute approximate surface area is 163 Å². The van der Waals surface area contributed by atoms with Gasteiger partial charge in [-0.2, -0.15) is 8.42 Å². The van der Waals surface area contributed by atoms with Crippen LogP contribution >= 0.6 is 38.9 Å². The highest BCUT2D eigenvalue weighted by molar-refractivity contribution is 9.10. The standard InChI is InChI=1S/C16H15BrClN3O2S2/c17-12-10-15(18)24-16(12)25(22,23)21-7-4-11-13(2-1-3-14(11)21)20-8-5-19-6-9-20/h1-4,7,10,19H,5-6,8-9H2. The summed E-state index contributed by atoms with van der Waals surface area (Å²) in [6, 6.07) is 9.26. The van der Waals surface area contributed by atoms with Gasteiger partial charge in [0.15, 0.2) is 4.21 Å². The van der Waals surface area contributed by atoms with Crippen LogP contribution in [0.5, 0.6) is 0 Å². The van der Waals surface area contributed by atoms with E-state index in [0.717, 1.165) is 48.6 Å². The van der Waals surface area contributed by atoms with E-state index in [-0.39, 0.29) is 4.21 Å². The van der Waals surface area contributed by atoms with Crippen LogP contribution in [-0.2, 0) is 10.0 Å². The van der Waals surface area contributed by atoms with E-state index >= 15 is 0 Å². The Morgan fingerprint density at radius 1 is 1.20 bits per heavy atom. The summed E-state index contributed by atoms with van der Waals surface area (Å²) < 4.78 is 28.7. The van der Waals surface area contributed by atoms with Crippen molar-refractivity contribution in [3.8, 4) is 0 Å². The molecule has 0 aliphatic carbocycles. The number of rotatable bonds is 3. The first-order chi connectivity index (χ1) is 12.0. The highest BCUT2D eigenvalue weighted by Gasteiger charge is 2.25. The minimum atomic E-state index is -3.71. The van der Waals surface area contributed by atoms with E-state index in [9.17, 15) is 8.42 Å². The van der Waals surface area contributed by atoms with E-state index in [1.807, 2.05) is 24.3 Å². The minimum Gasteiger partial charge on any atom is -0.368 e. The van der Waals surface area contributed by atoms with E-state index in [1.165, 1.54) is 3.97 Å². The van der Waals surface area contributed by atoms with Crippen molar-refractivity contribution in [1.29, 1.82) is 0 Å². The van der Waals surface area contributed by atoms with E-state index < -0.39 is 10.0 Å². The Hall–Kier alpha value is -1.06. The third-order valence-corrected chi connectivity index (χ3v) is 8.87. The highest BCUT2D eigenvalue weighted by atomic mass is 79.9. The van der Waals surface area contributed by atoms with Crippen LogP contribution in [0, 0.1) is 0 Å². The van der Waals surface area contributed by atoms with Gasteiger partial charge in [-0.25, -0.2) is 3.97 Å². The quantitative estimate of drug-likeness (QED) is 0.646. The van der Waals surface area contributed by atoms with E-state index in [2.05, 4.69) is 26.1 Å². The molecule has 1 aromatic carbocycles. The Morgan fingerprint density at radius 2 is 1.96 bits per heavy atom. The predicted molar refractivity (Wildman–Crippen MR) is 107 cm³/mol. The lowest BCUT2D eigenvalue weighted by atomic mass is 10.2. The molecule has 25 heavy (non-hydrogen) atoms. The molecule has 9 heteroatoms. The molecule has 0 bridgehead atoms. The molecule has 0 amide bonds. The largest absolute Gasteiger partial charge is 0.368 e. The van der Waals surface area contributed by atoms with E-state index in [1.54, 1.807) is 12.3 Å². The zero-order valence-electron chi connectivity index (χ0n) is 13.1. The van der Waals surface area contributed by atoms with Crippen molar-refractivity contribution in [1.82, 2.24) is 9.29 Å². The average molecular weight is 461 g/mol. The summed E-state index contributed by atoms with van der Waals surface area (Å²) in [7, 11) is -3.71. The molecule has 0 spiro atoms. The molecule has 0 atom stereocenters. The van der Waals surface area contributed by atoms with Crippen LogP contribution in [0.15, 0.2) is 45.2 Å². The number of anilines is 1. The van der Waals surface area contributed by atoms with Crippen molar-refractivity contribution < 1.29 is 8.42 Å². The number of piperazine rings is 1. The topological polar surface area (TPSA) is 54.3 Å². The van der Waals surface area contributed by atoms with Gasteiger partial charge in [-0.3, -0.25) is 0 Å². The van der Waals surface area contributed by atoms with Gasteiger partial charge >= 0.3 is 0 Å². The van der Waals surface area contributed by atoms with Crippen LogP contribution in [0.25, 0.3) is 10.9 Å². The summed E-state index contributed by atoms with van der Waals surface area (Å²) in [6.07, 6.45) is 1.62. The molecule has 3 heterocycles. The molecular formula is C16H15BrClN3O2S2. The van der Waals surface area contributed by atoms with Crippen molar-refractivity contribution in [3.05, 3.63) is 45.3 Å². The lowest BCUT2D eigenvalue weighted by Crippen LogP contribution is -2.43. The lowest BCUT2D eigenvalue weighted by Gasteiger charge is -2.30. The number of nitrogens with zero attached hydrogens (tertiary/aromatic N) is 2. The van der Waals surface area contributed by atoms with Gasteiger partial charge < -0.3 is 10.2 Å². The maximum Gasteiger partial charge on any atom is 0.278 e. The Morgan fingerprint density at radius 3 is 2.64 bits per heavy atom. The molecule has 0 radical (unpaired) electrons. The number of thiophene rings is 1. The summed E-state index contributed by atoms with van der Waals surface area (Å²) in [6.45, 7) is 3.67. The van der Waals surface area contributed by atoms with Gasteiger partial charge in [-0.1, -0.05) is 17.7 Å². The summed E-state index contributed by atoms with van der Waals surface area (Å²) in [4.78, 5) is 2.29. The first-order valence-electron chi connectivity index (χ1n) is 7.74. The molecule has 132 valence electrons. The molecule has 0 unspecified atom stereocenters. The van der Waals surface area contributed by atoms with Crippen LogP contribution < -0.4 is 10.2 Å². The van der Waals surface area contributed by atoms with Gasteiger partial charge in [0.25, 0.3) is 10.0 Å². The lowest BCUT2D eigenvalue weighted by molar-refractivity contribution is 0.590. The van der Waals surface area contributed by atoms with Crippen molar-refractivity contribution in [2.45, 2.75) is 4.21 Å². The minimum absolute atomic E-state index is 0.211. The van der Waals surface area contributed by atoms with E-state index in [0.29, 0.717) is 14.3 Å². The second-order valence-corrected chi connectivity index (χ2v) is 10.3. The van der Waals surface area contributed by atoms with Crippen molar-refractivity contribution >= 4 is 65.5 Å². The maximum absolute atomic E-state index is 13.1. The number of hydrogen-bond acceptors (Lipinski definition) is 5. The molecule has 1 saturated heterocycles.